The Morgan fingerprint density at radius 3 is 2.56 bits per heavy atom. The Balaban J connectivity index is 1.50. The quantitative estimate of drug-likeness (QED) is 0.237. The van der Waals surface area contributed by atoms with Crippen LogP contribution < -0.4 is 10.3 Å². The number of nitrogens with zero attached hydrogens (tertiary/aromatic N) is 4. The van der Waals surface area contributed by atoms with Gasteiger partial charge in [-0.2, -0.15) is 0 Å². The van der Waals surface area contributed by atoms with Crippen LogP contribution in [0, 0.1) is 0 Å². The van der Waals surface area contributed by atoms with Crippen molar-refractivity contribution in [1.82, 2.24) is 19.5 Å². The van der Waals surface area contributed by atoms with Crippen LogP contribution in [-0.2, 0) is 13.8 Å². The monoisotopic (exact) mass is 487 g/mol. The summed E-state index contributed by atoms with van der Waals surface area (Å²) < 4.78 is 31.5. The number of fused-ring (bicyclic) bond motifs is 2. The van der Waals surface area contributed by atoms with Crippen molar-refractivity contribution in [2.24, 2.45) is 0 Å². The van der Waals surface area contributed by atoms with E-state index in [1.807, 2.05) is 30.3 Å². The molecule has 0 aliphatic heterocycles. The topological polar surface area (TPSA) is 155 Å². The Morgan fingerprint density at radius 2 is 1.79 bits per heavy atom. The summed E-state index contributed by atoms with van der Waals surface area (Å²) in [5.74, 6) is 0.560. The number of rotatable bonds is 9. The highest BCUT2D eigenvalue weighted by Crippen LogP contribution is 2.48. The molecule has 0 bridgehead atoms. The van der Waals surface area contributed by atoms with Gasteiger partial charge in [-0.15, -0.1) is 0 Å². The predicted octanol–water partition coefficient (Wildman–Crippen LogP) is 3.08. The minimum atomic E-state index is -3.65. The Labute approximate surface area is 195 Å². The summed E-state index contributed by atoms with van der Waals surface area (Å²) in [6, 6.07) is 13.0. The lowest BCUT2D eigenvalue weighted by molar-refractivity contribution is -0.220. The van der Waals surface area contributed by atoms with E-state index in [9.17, 15) is 14.8 Å². The predicted molar refractivity (Wildman–Crippen MR) is 126 cm³/mol. The summed E-state index contributed by atoms with van der Waals surface area (Å²) in [6.07, 6.45) is -2.14. The maximum atomic E-state index is 13.2. The van der Waals surface area contributed by atoms with Crippen molar-refractivity contribution in [1.29, 1.82) is 0 Å². The molecule has 0 fully saturated rings. The van der Waals surface area contributed by atoms with Crippen molar-refractivity contribution in [3.8, 4) is 5.75 Å². The molecule has 0 saturated heterocycles. The molecule has 0 aliphatic rings. The Bertz CT molecular complexity index is 1340. The first-order chi connectivity index (χ1) is 16.2. The number of nitrogen functional groups attached to an aromatic ring is 1. The summed E-state index contributed by atoms with van der Waals surface area (Å²) >= 11 is 0. The smallest absolute Gasteiger partial charge is 0.376 e. The molecule has 0 amide bonds. The van der Waals surface area contributed by atoms with Gasteiger partial charge in [0.1, 0.15) is 30.0 Å². The number of anilines is 1. The third-order valence-corrected chi connectivity index (χ3v) is 6.46. The van der Waals surface area contributed by atoms with E-state index in [2.05, 4.69) is 15.0 Å². The van der Waals surface area contributed by atoms with E-state index in [-0.39, 0.29) is 11.5 Å². The Hall–Kier alpha value is -3.08. The molecule has 0 saturated carbocycles. The highest BCUT2D eigenvalue weighted by molar-refractivity contribution is 7.53. The average Bonchev–Trinajstić information content (AvgIpc) is 3.22. The molecule has 180 valence electrons. The first kappa shape index (κ1) is 24.1. The van der Waals surface area contributed by atoms with E-state index in [0.717, 1.165) is 10.8 Å². The summed E-state index contributed by atoms with van der Waals surface area (Å²) in [5, 5.41) is 22.7. The van der Waals surface area contributed by atoms with Gasteiger partial charge in [-0.25, -0.2) is 19.5 Å². The van der Waals surface area contributed by atoms with Crippen LogP contribution in [0.15, 0.2) is 55.1 Å². The SMILES string of the molecule is CC(O)[C@H](OC(O)n1cnc2c(N)ncnc21)C(C)OP(C)(=O)Oc1cccc2ccccc12. The van der Waals surface area contributed by atoms with Crippen molar-refractivity contribution in [3.63, 3.8) is 0 Å². The number of benzene rings is 2. The number of hydrogen-bond donors (Lipinski definition) is 3. The van der Waals surface area contributed by atoms with Gasteiger partial charge in [0, 0.05) is 12.1 Å². The molecule has 0 spiro atoms. The number of aliphatic hydroxyl groups excluding tert-OH is 2. The van der Waals surface area contributed by atoms with Crippen LogP contribution in [0.25, 0.3) is 21.9 Å². The van der Waals surface area contributed by atoms with E-state index in [0.29, 0.717) is 11.3 Å². The van der Waals surface area contributed by atoms with Crippen LogP contribution in [0.5, 0.6) is 5.75 Å². The van der Waals surface area contributed by atoms with E-state index in [4.69, 9.17) is 19.5 Å². The van der Waals surface area contributed by atoms with Gasteiger partial charge >= 0.3 is 7.60 Å². The zero-order valence-corrected chi connectivity index (χ0v) is 19.7. The fourth-order valence-corrected chi connectivity index (χ4v) is 4.98. The van der Waals surface area contributed by atoms with Gasteiger partial charge in [0.25, 0.3) is 0 Å². The minimum Gasteiger partial charge on any atom is -0.424 e. The summed E-state index contributed by atoms with van der Waals surface area (Å²) in [7, 11) is -3.65. The van der Waals surface area contributed by atoms with Crippen LogP contribution in [-0.4, -0.2) is 54.7 Å². The zero-order valence-electron chi connectivity index (χ0n) is 18.8. The zero-order chi connectivity index (χ0) is 24.5. The van der Waals surface area contributed by atoms with Crippen LogP contribution in [0.3, 0.4) is 0 Å². The van der Waals surface area contributed by atoms with E-state index < -0.39 is 32.3 Å². The summed E-state index contributed by atoms with van der Waals surface area (Å²) in [4.78, 5) is 12.0. The second-order valence-corrected chi connectivity index (χ2v) is 9.84. The standard InChI is InChI=1S/C22H26N5O6P/c1-13(28)19(31-22(29)27-12-26-18-20(23)24-11-25-21(18)27)14(2)32-34(3,30)33-17-10-6-8-15-7-4-5-9-16(15)17/h4-14,19,22,28-29H,1-3H3,(H2,23,24,25)/t13?,14?,19-,22?,34?/m0/s1. The number of ether oxygens (including phenoxy) is 1. The van der Waals surface area contributed by atoms with Gasteiger partial charge in [0.15, 0.2) is 11.5 Å². The molecule has 2 heterocycles. The highest BCUT2D eigenvalue weighted by Gasteiger charge is 2.33. The van der Waals surface area contributed by atoms with Gasteiger partial charge in [-0.3, -0.25) is 9.09 Å². The lowest BCUT2D eigenvalue weighted by atomic mass is 10.1. The third-order valence-electron chi connectivity index (χ3n) is 5.21. The maximum Gasteiger partial charge on any atom is 0.376 e. The minimum absolute atomic E-state index is 0.150. The fourth-order valence-electron chi connectivity index (χ4n) is 3.69. The summed E-state index contributed by atoms with van der Waals surface area (Å²) in [5.41, 5.74) is 6.32. The van der Waals surface area contributed by atoms with Gasteiger partial charge in [-0.05, 0) is 25.3 Å². The van der Waals surface area contributed by atoms with Gasteiger partial charge in [-0.1, -0.05) is 36.4 Å². The largest absolute Gasteiger partial charge is 0.424 e. The van der Waals surface area contributed by atoms with Crippen molar-refractivity contribution < 1.29 is 28.6 Å². The molecule has 4 rings (SSSR count). The average molecular weight is 487 g/mol. The molecule has 2 aromatic carbocycles. The molecular weight excluding hydrogens is 461 g/mol. The molecule has 4 aromatic rings. The van der Waals surface area contributed by atoms with Crippen molar-refractivity contribution >= 4 is 35.3 Å². The van der Waals surface area contributed by atoms with Crippen LogP contribution in [0.1, 0.15) is 20.3 Å². The molecule has 5 atom stereocenters. The second-order valence-electron chi connectivity index (χ2n) is 7.90. The van der Waals surface area contributed by atoms with E-state index >= 15 is 0 Å². The second kappa shape index (κ2) is 9.65. The van der Waals surface area contributed by atoms with E-state index in [1.54, 1.807) is 19.1 Å². The molecule has 0 radical (unpaired) electrons. The molecule has 34 heavy (non-hydrogen) atoms. The van der Waals surface area contributed by atoms with Crippen LogP contribution in [0.4, 0.5) is 5.82 Å². The molecule has 11 nitrogen and oxygen atoms in total. The first-order valence-corrected chi connectivity index (χ1v) is 12.5. The molecular formula is C22H26N5O6P. The lowest BCUT2D eigenvalue weighted by Gasteiger charge is -2.30. The van der Waals surface area contributed by atoms with Gasteiger partial charge in [0.05, 0.1) is 12.2 Å². The molecule has 0 aliphatic carbocycles. The fraction of sp³-hybridized carbons (Fsp3) is 0.318. The number of aromatic nitrogens is 4. The Kier molecular flexibility index (Phi) is 6.83. The van der Waals surface area contributed by atoms with Gasteiger partial charge in [0.2, 0.25) is 6.41 Å². The third kappa shape index (κ3) is 5.03. The first-order valence-electron chi connectivity index (χ1n) is 10.5. The number of hydrogen-bond acceptors (Lipinski definition) is 10. The molecule has 2 aromatic heterocycles. The Morgan fingerprint density at radius 1 is 1.06 bits per heavy atom. The van der Waals surface area contributed by atoms with Crippen molar-refractivity contribution in [2.45, 2.75) is 38.6 Å². The van der Waals surface area contributed by atoms with Crippen LogP contribution >= 0.6 is 7.60 Å². The van der Waals surface area contributed by atoms with Crippen LogP contribution in [0.2, 0.25) is 0 Å². The van der Waals surface area contributed by atoms with E-state index in [1.165, 1.54) is 30.8 Å². The summed E-state index contributed by atoms with van der Waals surface area (Å²) in [6.45, 7) is 4.37. The number of nitrogens with two attached hydrogens (primary N) is 1. The number of aliphatic hydroxyl groups is 2. The highest BCUT2D eigenvalue weighted by atomic mass is 31.2. The van der Waals surface area contributed by atoms with Gasteiger partial charge < -0.3 is 25.2 Å². The lowest BCUT2D eigenvalue weighted by Crippen LogP contribution is -2.39. The molecule has 4 N–H and O–H groups in total. The van der Waals surface area contributed by atoms with Crippen molar-refractivity contribution in [3.05, 3.63) is 55.1 Å². The normalized spacial score (nSPS) is 17.2. The molecule has 12 heteroatoms. The maximum absolute atomic E-state index is 13.2. The van der Waals surface area contributed by atoms with Crippen molar-refractivity contribution in [2.75, 3.05) is 12.4 Å². The number of imidazole rings is 1. The molecule has 4 unspecified atom stereocenters.